The molecular weight excluding hydrogens is 377 g/mol. The van der Waals surface area contributed by atoms with Crippen molar-refractivity contribution < 1.29 is 26.4 Å². The summed E-state index contributed by atoms with van der Waals surface area (Å²) in [6.45, 7) is 2.29. The third kappa shape index (κ3) is 5.89. The largest absolute Gasteiger partial charge is 0.446 e. The molecule has 1 aromatic carbocycles. The number of amides is 1. The molecule has 1 aromatic rings. The Morgan fingerprint density at radius 2 is 1.80 bits per heavy atom. The van der Waals surface area contributed by atoms with Crippen LogP contribution in [0.15, 0.2) is 29.2 Å². The van der Waals surface area contributed by atoms with Gasteiger partial charge in [0.2, 0.25) is 10.0 Å². The fourth-order valence-corrected chi connectivity index (χ4v) is 4.21. The van der Waals surface area contributed by atoms with Crippen molar-refractivity contribution in [3.63, 3.8) is 0 Å². The molecule has 0 atom stereocenters. The van der Waals surface area contributed by atoms with Crippen LogP contribution in [0.25, 0.3) is 0 Å². The minimum Gasteiger partial charge on any atom is -0.349 e. The first kappa shape index (κ1) is 20.1. The van der Waals surface area contributed by atoms with Gasteiger partial charge in [-0.15, -0.1) is 0 Å². The van der Waals surface area contributed by atoms with Crippen LogP contribution in [0.2, 0.25) is 0 Å². The number of halogens is 3. The monoisotopic (exact) mass is 396 g/mol. The van der Waals surface area contributed by atoms with Crippen molar-refractivity contribution in [2.45, 2.75) is 36.2 Å². The summed E-state index contributed by atoms with van der Waals surface area (Å²) < 4.78 is 61.9. The number of alkyl halides is 3. The summed E-state index contributed by atoms with van der Waals surface area (Å²) in [6, 6.07) is 5.05. The van der Waals surface area contributed by atoms with Crippen molar-refractivity contribution in [2.75, 3.05) is 18.8 Å². The fourth-order valence-electron chi connectivity index (χ4n) is 2.54. The van der Waals surface area contributed by atoms with Crippen LogP contribution >= 0.6 is 11.8 Å². The molecule has 0 unspecified atom stereocenters. The molecule has 0 spiro atoms. The van der Waals surface area contributed by atoms with Crippen LogP contribution in [0.5, 0.6) is 0 Å². The van der Waals surface area contributed by atoms with Crippen molar-refractivity contribution in [1.29, 1.82) is 0 Å². The zero-order chi connectivity index (χ0) is 18.7. The molecule has 1 heterocycles. The van der Waals surface area contributed by atoms with E-state index in [1.165, 1.54) is 28.6 Å². The summed E-state index contributed by atoms with van der Waals surface area (Å²) in [4.78, 5) is 12.2. The van der Waals surface area contributed by atoms with E-state index in [0.717, 1.165) is 0 Å². The molecule has 0 aromatic heterocycles. The van der Waals surface area contributed by atoms with E-state index in [0.29, 0.717) is 25.9 Å². The molecule has 0 bridgehead atoms. The lowest BCUT2D eigenvalue weighted by molar-refractivity contribution is -0.0328. The average molecular weight is 396 g/mol. The van der Waals surface area contributed by atoms with Gasteiger partial charge in [0.15, 0.2) is 0 Å². The number of nitrogens with one attached hydrogen (secondary N) is 1. The average Bonchev–Trinajstić information content (AvgIpc) is 2.54. The second-order valence-electron chi connectivity index (χ2n) is 5.62. The van der Waals surface area contributed by atoms with Gasteiger partial charge in [0.05, 0.1) is 5.75 Å². The normalized spacial score (nSPS) is 17.4. The molecule has 1 N–H and O–H groups in total. The Balaban J connectivity index is 1.89. The molecular formula is C15H19F3N2O3S2. The van der Waals surface area contributed by atoms with E-state index in [2.05, 4.69) is 5.32 Å². The Bertz CT molecular complexity index is 698. The van der Waals surface area contributed by atoms with E-state index >= 15 is 0 Å². The number of piperidine rings is 1. The summed E-state index contributed by atoms with van der Waals surface area (Å²) in [5, 5.41) is 2.80. The number of carbonyl (C=O) groups is 1. The van der Waals surface area contributed by atoms with Crippen molar-refractivity contribution in [2.24, 2.45) is 0 Å². The van der Waals surface area contributed by atoms with Crippen LogP contribution in [0.1, 0.15) is 30.1 Å². The lowest BCUT2D eigenvalue weighted by Crippen LogP contribution is -2.46. The minimum atomic E-state index is -4.36. The Kier molecular flexibility index (Phi) is 6.39. The maximum atomic E-state index is 12.3. The number of nitrogens with zero attached hydrogens (tertiary/aromatic N) is 1. The molecule has 1 amide bonds. The molecule has 1 saturated heterocycles. The number of sulfonamides is 1. The molecule has 1 fully saturated rings. The molecule has 25 heavy (non-hydrogen) atoms. The summed E-state index contributed by atoms with van der Waals surface area (Å²) in [6.07, 6.45) is 1.01. The van der Waals surface area contributed by atoms with Crippen LogP contribution < -0.4 is 5.32 Å². The van der Waals surface area contributed by atoms with Crippen molar-refractivity contribution in [1.82, 2.24) is 9.62 Å². The van der Waals surface area contributed by atoms with E-state index in [4.69, 9.17) is 0 Å². The van der Waals surface area contributed by atoms with Crippen molar-refractivity contribution in [3.05, 3.63) is 29.8 Å². The molecule has 5 nitrogen and oxygen atoms in total. The standard InChI is InChI=1S/C15H19F3N2O3S2/c1-2-25(22,23)20-9-7-12(8-10-20)19-14(21)11-3-5-13(6-4-11)24-15(16,17)18/h3-6,12H,2,7-10H2,1H3,(H,19,21). The van der Waals surface area contributed by atoms with Gasteiger partial charge >= 0.3 is 5.51 Å². The molecule has 0 aliphatic carbocycles. The quantitative estimate of drug-likeness (QED) is 0.778. The van der Waals surface area contributed by atoms with E-state index in [1.807, 2.05) is 0 Å². The van der Waals surface area contributed by atoms with E-state index in [-0.39, 0.29) is 39.9 Å². The Labute approximate surface area is 149 Å². The highest BCUT2D eigenvalue weighted by Gasteiger charge is 2.29. The predicted octanol–water partition coefficient (Wildman–Crippen LogP) is 2.84. The third-order valence-electron chi connectivity index (χ3n) is 3.90. The number of hydrogen-bond donors (Lipinski definition) is 1. The summed E-state index contributed by atoms with van der Waals surface area (Å²) >= 11 is -0.233. The maximum Gasteiger partial charge on any atom is 0.446 e. The lowest BCUT2D eigenvalue weighted by atomic mass is 10.1. The van der Waals surface area contributed by atoms with E-state index in [9.17, 15) is 26.4 Å². The van der Waals surface area contributed by atoms with Gasteiger partial charge in [-0.2, -0.15) is 13.2 Å². The molecule has 10 heteroatoms. The Morgan fingerprint density at radius 1 is 1.24 bits per heavy atom. The van der Waals surface area contributed by atoms with Crippen molar-refractivity contribution >= 4 is 27.7 Å². The minimum absolute atomic E-state index is 0.0159. The van der Waals surface area contributed by atoms with Gasteiger partial charge in [-0.05, 0) is 55.8 Å². The van der Waals surface area contributed by atoms with E-state index in [1.54, 1.807) is 6.92 Å². The highest BCUT2D eigenvalue weighted by atomic mass is 32.2. The molecule has 140 valence electrons. The summed E-state index contributed by atoms with van der Waals surface area (Å²) in [7, 11) is -3.22. The molecule has 1 aliphatic rings. The second-order valence-corrected chi connectivity index (χ2v) is 9.02. The van der Waals surface area contributed by atoms with Gasteiger partial charge in [0.1, 0.15) is 0 Å². The van der Waals surface area contributed by atoms with Gasteiger partial charge in [0.25, 0.3) is 5.91 Å². The van der Waals surface area contributed by atoms with Crippen LogP contribution in [0, 0.1) is 0 Å². The number of rotatable bonds is 5. The second kappa shape index (κ2) is 7.96. The van der Waals surface area contributed by atoms with E-state index < -0.39 is 15.5 Å². The van der Waals surface area contributed by atoms with Crippen LogP contribution in [0.4, 0.5) is 13.2 Å². The molecule has 0 radical (unpaired) electrons. The molecule has 2 rings (SSSR count). The van der Waals surface area contributed by atoms with Crippen LogP contribution in [0.3, 0.4) is 0 Å². The number of carbonyl (C=O) groups excluding carboxylic acids is 1. The highest BCUT2D eigenvalue weighted by Crippen LogP contribution is 2.36. The van der Waals surface area contributed by atoms with Gasteiger partial charge in [-0.3, -0.25) is 4.79 Å². The van der Waals surface area contributed by atoms with Crippen LogP contribution in [-0.4, -0.2) is 49.0 Å². The Morgan fingerprint density at radius 3 is 2.28 bits per heavy atom. The zero-order valence-electron chi connectivity index (χ0n) is 13.5. The highest BCUT2D eigenvalue weighted by molar-refractivity contribution is 8.00. The predicted molar refractivity (Wildman–Crippen MR) is 89.9 cm³/mol. The van der Waals surface area contributed by atoms with Gasteiger partial charge < -0.3 is 5.32 Å². The summed E-state index contributed by atoms with van der Waals surface area (Å²) in [5.41, 5.74) is -4.09. The van der Waals surface area contributed by atoms with Gasteiger partial charge in [-0.25, -0.2) is 12.7 Å². The summed E-state index contributed by atoms with van der Waals surface area (Å²) in [5.74, 6) is -0.327. The maximum absolute atomic E-state index is 12.3. The number of thioether (sulfide) groups is 1. The first-order chi connectivity index (χ1) is 11.6. The Hall–Kier alpha value is -1.26. The fraction of sp³-hybridized carbons (Fsp3) is 0.533. The molecule has 0 saturated carbocycles. The molecule has 1 aliphatic heterocycles. The topological polar surface area (TPSA) is 66.5 Å². The van der Waals surface area contributed by atoms with Gasteiger partial charge in [0, 0.05) is 29.6 Å². The van der Waals surface area contributed by atoms with Crippen molar-refractivity contribution in [3.8, 4) is 0 Å². The van der Waals surface area contributed by atoms with Crippen LogP contribution in [-0.2, 0) is 10.0 Å². The first-order valence-corrected chi connectivity index (χ1v) is 10.2. The smallest absolute Gasteiger partial charge is 0.349 e. The number of hydrogen-bond acceptors (Lipinski definition) is 4. The third-order valence-corrected chi connectivity index (χ3v) is 6.52. The lowest BCUT2D eigenvalue weighted by Gasteiger charge is -2.31. The number of benzene rings is 1. The first-order valence-electron chi connectivity index (χ1n) is 7.75. The SMILES string of the molecule is CCS(=O)(=O)N1CCC(NC(=O)c2ccc(SC(F)(F)F)cc2)CC1. The zero-order valence-corrected chi connectivity index (χ0v) is 15.2. The van der Waals surface area contributed by atoms with Gasteiger partial charge in [-0.1, -0.05) is 0 Å².